The fourth-order valence-corrected chi connectivity index (χ4v) is 2.03. The van der Waals surface area contributed by atoms with E-state index in [0.29, 0.717) is 6.54 Å². The van der Waals surface area contributed by atoms with Crippen molar-refractivity contribution in [2.45, 2.75) is 25.6 Å². The monoisotopic (exact) mass is 274 g/mol. The smallest absolute Gasteiger partial charge is 0.312 e. The van der Waals surface area contributed by atoms with Crippen LogP contribution < -0.4 is 5.32 Å². The minimum absolute atomic E-state index is 0.0988. The average Bonchev–Trinajstić information content (AvgIpc) is 2.34. The van der Waals surface area contributed by atoms with Crippen LogP contribution in [0.2, 0.25) is 0 Å². The minimum Gasteiger partial charge on any atom is -0.312 e. The number of nitrogens with zero attached hydrogens (tertiary/aromatic N) is 1. The van der Waals surface area contributed by atoms with Crippen LogP contribution in [-0.2, 0) is 6.42 Å². The average molecular weight is 274 g/mol. The summed E-state index contributed by atoms with van der Waals surface area (Å²) in [4.78, 5) is 1.29. The van der Waals surface area contributed by atoms with E-state index in [0.717, 1.165) is 12.0 Å². The van der Waals surface area contributed by atoms with E-state index < -0.39 is 12.7 Å². The van der Waals surface area contributed by atoms with Gasteiger partial charge in [0.05, 0.1) is 6.54 Å². The second kappa shape index (κ2) is 6.91. The quantitative estimate of drug-likeness (QED) is 0.858. The van der Waals surface area contributed by atoms with Gasteiger partial charge < -0.3 is 5.32 Å². The Bertz CT molecular complexity index is 373. The molecule has 0 bridgehead atoms. The van der Waals surface area contributed by atoms with Gasteiger partial charge in [0, 0.05) is 12.6 Å². The van der Waals surface area contributed by atoms with Crippen LogP contribution in [0.4, 0.5) is 13.2 Å². The zero-order valence-electron chi connectivity index (χ0n) is 11.6. The Kier molecular flexibility index (Phi) is 5.82. The third-order valence-corrected chi connectivity index (χ3v) is 3.08. The number of likely N-dealkylation sites (N-methyl/N-ethyl adjacent to an activating group) is 2. The largest absolute Gasteiger partial charge is 0.401 e. The predicted octanol–water partition coefficient (Wildman–Crippen LogP) is 3.00. The standard InChI is InChI=1S/C14H21F3N2/c1-4-11-5-7-12(8-6-11)13(18-2)9-19(3)10-14(15,16)17/h5-8,13,18H,4,9-10H2,1-3H3. The number of nitrogens with one attached hydrogen (secondary N) is 1. The lowest BCUT2D eigenvalue weighted by Gasteiger charge is -2.25. The normalized spacial score (nSPS) is 13.8. The number of benzene rings is 1. The Balaban J connectivity index is 2.66. The third kappa shape index (κ3) is 5.61. The van der Waals surface area contributed by atoms with Gasteiger partial charge in [-0.1, -0.05) is 31.2 Å². The zero-order valence-corrected chi connectivity index (χ0v) is 11.6. The van der Waals surface area contributed by atoms with Crippen molar-refractivity contribution >= 4 is 0 Å². The molecule has 0 spiro atoms. The van der Waals surface area contributed by atoms with Crippen molar-refractivity contribution in [1.82, 2.24) is 10.2 Å². The maximum Gasteiger partial charge on any atom is 0.401 e. The van der Waals surface area contributed by atoms with Gasteiger partial charge in [0.1, 0.15) is 0 Å². The van der Waals surface area contributed by atoms with Gasteiger partial charge in [0.25, 0.3) is 0 Å². The molecule has 5 heteroatoms. The molecular formula is C14H21F3N2. The Morgan fingerprint density at radius 1 is 1.21 bits per heavy atom. The summed E-state index contributed by atoms with van der Waals surface area (Å²) < 4.78 is 36.9. The van der Waals surface area contributed by atoms with Crippen LogP contribution in [0.25, 0.3) is 0 Å². The molecule has 1 atom stereocenters. The molecule has 0 fully saturated rings. The zero-order chi connectivity index (χ0) is 14.5. The van der Waals surface area contributed by atoms with Crippen molar-refractivity contribution in [2.75, 3.05) is 27.2 Å². The van der Waals surface area contributed by atoms with E-state index in [9.17, 15) is 13.2 Å². The fraction of sp³-hybridized carbons (Fsp3) is 0.571. The molecule has 1 aromatic carbocycles. The first kappa shape index (κ1) is 16.0. The molecule has 0 aliphatic heterocycles. The van der Waals surface area contributed by atoms with Crippen LogP contribution >= 0.6 is 0 Å². The molecular weight excluding hydrogens is 253 g/mol. The highest BCUT2D eigenvalue weighted by Gasteiger charge is 2.29. The fourth-order valence-electron chi connectivity index (χ4n) is 2.03. The van der Waals surface area contributed by atoms with E-state index in [1.165, 1.54) is 17.5 Å². The van der Waals surface area contributed by atoms with E-state index in [2.05, 4.69) is 12.2 Å². The highest BCUT2D eigenvalue weighted by molar-refractivity contribution is 5.25. The summed E-state index contributed by atoms with van der Waals surface area (Å²) in [6, 6.07) is 7.88. The van der Waals surface area contributed by atoms with Crippen molar-refractivity contribution < 1.29 is 13.2 Å². The molecule has 0 aliphatic carbocycles. The van der Waals surface area contributed by atoms with Gasteiger partial charge in [-0.2, -0.15) is 13.2 Å². The number of hydrogen-bond donors (Lipinski definition) is 1. The number of halogens is 3. The van der Waals surface area contributed by atoms with Crippen molar-refractivity contribution in [3.63, 3.8) is 0 Å². The molecule has 108 valence electrons. The number of alkyl halides is 3. The topological polar surface area (TPSA) is 15.3 Å². The molecule has 1 rings (SSSR count). The van der Waals surface area contributed by atoms with Gasteiger partial charge in [-0.3, -0.25) is 4.90 Å². The Hall–Kier alpha value is -1.07. The first-order chi connectivity index (χ1) is 8.85. The van der Waals surface area contributed by atoms with Gasteiger partial charge in [-0.25, -0.2) is 0 Å². The summed E-state index contributed by atoms with van der Waals surface area (Å²) in [6.07, 6.45) is -3.20. The van der Waals surface area contributed by atoms with Crippen molar-refractivity contribution in [1.29, 1.82) is 0 Å². The van der Waals surface area contributed by atoms with Crippen LogP contribution in [0.3, 0.4) is 0 Å². The number of rotatable bonds is 6. The molecule has 2 nitrogen and oxygen atoms in total. The molecule has 1 aromatic rings. The molecule has 19 heavy (non-hydrogen) atoms. The first-order valence-corrected chi connectivity index (χ1v) is 6.37. The molecule has 0 heterocycles. The van der Waals surface area contributed by atoms with Gasteiger partial charge in [0.15, 0.2) is 0 Å². The molecule has 0 radical (unpaired) electrons. The number of aryl methyl sites for hydroxylation is 1. The van der Waals surface area contributed by atoms with Crippen molar-refractivity contribution in [2.24, 2.45) is 0 Å². The van der Waals surface area contributed by atoms with Crippen LogP contribution in [-0.4, -0.2) is 38.3 Å². The molecule has 1 unspecified atom stereocenters. The van der Waals surface area contributed by atoms with Gasteiger partial charge in [0.2, 0.25) is 0 Å². The highest BCUT2D eigenvalue weighted by Crippen LogP contribution is 2.19. The summed E-state index contributed by atoms with van der Waals surface area (Å²) in [6.45, 7) is 1.50. The van der Waals surface area contributed by atoms with Crippen LogP contribution in [0.5, 0.6) is 0 Å². The van der Waals surface area contributed by atoms with Crippen LogP contribution in [0.1, 0.15) is 24.1 Å². The van der Waals surface area contributed by atoms with E-state index in [4.69, 9.17) is 0 Å². The highest BCUT2D eigenvalue weighted by atomic mass is 19.4. The third-order valence-electron chi connectivity index (χ3n) is 3.08. The van der Waals surface area contributed by atoms with Gasteiger partial charge >= 0.3 is 6.18 Å². The summed E-state index contributed by atoms with van der Waals surface area (Å²) in [5.41, 5.74) is 2.23. The Morgan fingerprint density at radius 3 is 2.21 bits per heavy atom. The Labute approximate surface area is 112 Å². The molecule has 0 saturated heterocycles. The lowest BCUT2D eigenvalue weighted by molar-refractivity contribution is -0.143. The molecule has 1 N–H and O–H groups in total. The number of hydrogen-bond acceptors (Lipinski definition) is 2. The summed E-state index contributed by atoms with van der Waals surface area (Å²) in [7, 11) is 3.25. The maximum absolute atomic E-state index is 12.3. The molecule has 0 aromatic heterocycles. The SMILES string of the molecule is CCc1ccc(C(CN(C)CC(F)(F)F)NC)cc1. The van der Waals surface area contributed by atoms with E-state index in [-0.39, 0.29) is 6.04 Å². The van der Waals surface area contributed by atoms with Gasteiger partial charge in [-0.15, -0.1) is 0 Å². The van der Waals surface area contributed by atoms with E-state index in [1.54, 1.807) is 7.05 Å². The van der Waals surface area contributed by atoms with Crippen LogP contribution in [0.15, 0.2) is 24.3 Å². The minimum atomic E-state index is -4.15. The molecule has 0 amide bonds. The summed E-state index contributed by atoms with van der Waals surface area (Å²) in [5, 5.41) is 3.06. The van der Waals surface area contributed by atoms with E-state index >= 15 is 0 Å². The maximum atomic E-state index is 12.3. The second-order valence-corrected chi connectivity index (χ2v) is 4.75. The van der Waals surface area contributed by atoms with Crippen LogP contribution in [0, 0.1) is 0 Å². The van der Waals surface area contributed by atoms with Crippen molar-refractivity contribution in [3.05, 3.63) is 35.4 Å². The lowest BCUT2D eigenvalue weighted by atomic mass is 10.0. The second-order valence-electron chi connectivity index (χ2n) is 4.75. The first-order valence-electron chi connectivity index (χ1n) is 6.37. The van der Waals surface area contributed by atoms with Crippen molar-refractivity contribution in [3.8, 4) is 0 Å². The predicted molar refractivity (Wildman–Crippen MR) is 71.2 cm³/mol. The lowest BCUT2D eigenvalue weighted by Crippen LogP contribution is -2.37. The summed E-state index contributed by atoms with van der Waals surface area (Å²) in [5.74, 6) is 0. The Morgan fingerprint density at radius 2 is 1.79 bits per heavy atom. The molecule has 0 aliphatic rings. The molecule has 0 saturated carbocycles. The van der Waals surface area contributed by atoms with Gasteiger partial charge in [-0.05, 0) is 31.6 Å². The van der Waals surface area contributed by atoms with E-state index in [1.807, 2.05) is 24.3 Å². The summed E-state index contributed by atoms with van der Waals surface area (Å²) >= 11 is 0.